The summed E-state index contributed by atoms with van der Waals surface area (Å²) in [4.78, 5) is 13.1. The summed E-state index contributed by atoms with van der Waals surface area (Å²) in [5.74, 6) is 0.0320. The number of hydrogen-bond acceptors (Lipinski definition) is 6. The van der Waals surface area contributed by atoms with Crippen LogP contribution in [0.4, 0.5) is 5.69 Å². The normalized spacial score (nSPS) is 11.5. The van der Waals surface area contributed by atoms with Gasteiger partial charge >= 0.3 is 0 Å². The van der Waals surface area contributed by atoms with E-state index in [0.717, 1.165) is 37.0 Å². The first-order valence-corrected chi connectivity index (χ1v) is 14.9. The predicted molar refractivity (Wildman–Crippen MR) is 164 cm³/mol. The minimum absolute atomic E-state index is 0.0317. The summed E-state index contributed by atoms with van der Waals surface area (Å²) < 4.78 is 42.4. The molecule has 0 aliphatic heterocycles. The average Bonchev–Trinajstić information content (AvgIpc) is 3.23. The Morgan fingerprint density at radius 3 is 2.39 bits per heavy atom. The van der Waals surface area contributed by atoms with Crippen molar-refractivity contribution in [3.63, 3.8) is 0 Å². The lowest BCUT2D eigenvalue weighted by molar-refractivity contribution is -0.119. The Kier molecular flexibility index (Phi) is 9.19. The van der Waals surface area contributed by atoms with E-state index in [-0.39, 0.29) is 16.3 Å². The third-order valence-electron chi connectivity index (χ3n) is 6.48. The number of benzene rings is 3. The summed E-state index contributed by atoms with van der Waals surface area (Å²) in [6.07, 6.45) is 1.54. The maximum atomic E-state index is 13.8. The number of nitrogens with zero attached hydrogens (tertiary/aromatic N) is 3. The highest BCUT2D eigenvalue weighted by atomic mass is 79.9. The number of hydrogen-bond donors (Lipinski definition) is 1. The summed E-state index contributed by atoms with van der Waals surface area (Å²) in [6, 6.07) is 21.0. The quantitative estimate of drug-likeness (QED) is 0.182. The van der Waals surface area contributed by atoms with Crippen LogP contribution in [0.15, 0.2) is 87.3 Å². The molecule has 0 unspecified atom stereocenters. The monoisotopic (exact) mass is 638 g/mol. The molecule has 41 heavy (non-hydrogen) atoms. The molecule has 4 aromatic rings. The second-order valence-electron chi connectivity index (χ2n) is 9.30. The molecule has 1 N–H and O–H groups in total. The molecule has 0 spiro atoms. The van der Waals surface area contributed by atoms with Crippen LogP contribution >= 0.6 is 15.9 Å². The molecule has 0 atom stereocenters. The Labute approximate surface area is 248 Å². The van der Waals surface area contributed by atoms with Gasteiger partial charge in [-0.3, -0.25) is 9.10 Å². The van der Waals surface area contributed by atoms with Crippen molar-refractivity contribution >= 4 is 43.8 Å². The van der Waals surface area contributed by atoms with Crippen LogP contribution in [0.3, 0.4) is 0 Å². The van der Waals surface area contributed by atoms with E-state index in [4.69, 9.17) is 9.47 Å². The third-order valence-corrected chi connectivity index (χ3v) is 8.75. The molecule has 0 radical (unpaired) electrons. The van der Waals surface area contributed by atoms with E-state index in [1.54, 1.807) is 30.5 Å². The Morgan fingerprint density at radius 1 is 1.00 bits per heavy atom. The molecule has 4 rings (SSSR count). The van der Waals surface area contributed by atoms with Gasteiger partial charge in [-0.15, -0.1) is 0 Å². The van der Waals surface area contributed by atoms with E-state index in [1.807, 2.05) is 51.1 Å². The number of nitrogens with one attached hydrogen (secondary N) is 1. The van der Waals surface area contributed by atoms with Crippen molar-refractivity contribution in [2.45, 2.75) is 25.7 Å². The molecule has 0 bridgehead atoms. The van der Waals surface area contributed by atoms with Crippen molar-refractivity contribution < 1.29 is 22.7 Å². The van der Waals surface area contributed by atoms with Crippen LogP contribution in [0.1, 0.15) is 22.5 Å². The first kappa shape index (κ1) is 29.9. The average molecular weight is 640 g/mol. The largest absolute Gasteiger partial charge is 0.497 e. The molecule has 214 valence electrons. The summed E-state index contributed by atoms with van der Waals surface area (Å²) >= 11 is 3.51. The van der Waals surface area contributed by atoms with E-state index in [9.17, 15) is 13.2 Å². The molecule has 0 aliphatic rings. The summed E-state index contributed by atoms with van der Waals surface area (Å²) in [5, 5.41) is 4.13. The van der Waals surface area contributed by atoms with E-state index < -0.39 is 22.5 Å². The zero-order chi connectivity index (χ0) is 29.7. The number of amides is 1. The third kappa shape index (κ3) is 6.63. The fraction of sp³-hybridized carbons (Fsp3) is 0.200. The number of carbonyl (C=O) groups excluding carboxylic acids is 1. The highest BCUT2D eigenvalue weighted by Crippen LogP contribution is 2.35. The molecular weight excluding hydrogens is 608 g/mol. The fourth-order valence-electron chi connectivity index (χ4n) is 4.40. The lowest BCUT2D eigenvalue weighted by atomic mass is 10.2. The number of sulfonamides is 1. The Morgan fingerprint density at radius 2 is 1.73 bits per heavy atom. The van der Waals surface area contributed by atoms with Crippen molar-refractivity contribution in [3.05, 3.63) is 99.8 Å². The van der Waals surface area contributed by atoms with E-state index in [1.165, 1.54) is 32.4 Å². The van der Waals surface area contributed by atoms with Gasteiger partial charge in [0.05, 0.1) is 31.0 Å². The molecular formula is C30H31BrN4O5S. The lowest BCUT2D eigenvalue weighted by Crippen LogP contribution is -2.39. The SMILES string of the molecule is COc1ccc(OC)c(N(CC(=O)N/N=C/c2cc(C)n(-c3cccc(Br)c3)c2C)S(=O)(=O)c2ccc(C)cc2)c1. The van der Waals surface area contributed by atoms with Crippen molar-refractivity contribution in [2.75, 3.05) is 25.1 Å². The zero-order valence-electron chi connectivity index (χ0n) is 23.4. The van der Waals surface area contributed by atoms with Crippen LogP contribution in [0.25, 0.3) is 5.69 Å². The molecule has 11 heteroatoms. The summed E-state index contributed by atoms with van der Waals surface area (Å²) in [5.41, 5.74) is 7.25. The van der Waals surface area contributed by atoms with Gasteiger partial charge < -0.3 is 14.0 Å². The molecule has 1 heterocycles. The number of carbonyl (C=O) groups is 1. The van der Waals surface area contributed by atoms with Gasteiger partial charge in [0.2, 0.25) is 0 Å². The van der Waals surface area contributed by atoms with Crippen LogP contribution in [-0.2, 0) is 14.8 Å². The zero-order valence-corrected chi connectivity index (χ0v) is 25.8. The first-order chi connectivity index (χ1) is 19.5. The van der Waals surface area contributed by atoms with Crippen molar-refractivity contribution in [3.8, 4) is 17.2 Å². The fourth-order valence-corrected chi connectivity index (χ4v) is 6.21. The highest BCUT2D eigenvalue weighted by molar-refractivity contribution is 9.10. The maximum Gasteiger partial charge on any atom is 0.264 e. The van der Waals surface area contributed by atoms with Crippen LogP contribution in [0.2, 0.25) is 0 Å². The maximum absolute atomic E-state index is 13.8. The number of methoxy groups -OCH3 is 2. The number of rotatable bonds is 10. The number of halogens is 1. The van der Waals surface area contributed by atoms with Crippen LogP contribution < -0.4 is 19.2 Å². The van der Waals surface area contributed by atoms with Gasteiger partial charge in [0, 0.05) is 33.2 Å². The van der Waals surface area contributed by atoms with Crippen molar-refractivity contribution in [1.82, 2.24) is 9.99 Å². The molecule has 0 aliphatic carbocycles. The van der Waals surface area contributed by atoms with E-state index >= 15 is 0 Å². The van der Waals surface area contributed by atoms with Crippen LogP contribution in [0.5, 0.6) is 11.5 Å². The Balaban J connectivity index is 1.62. The first-order valence-electron chi connectivity index (χ1n) is 12.6. The molecule has 0 saturated heterocycles. The van der Waals surface area contributed by atoms with Crippen LogP contribution in [-0.4, -0.2) is 45.9 Å². The molecule has 0 fully saturated rings. The van der Waals surface area contributed by atoms with Gasteiger partial charge in [0.1, 0.15) is 18.0 Å². The van der Waals surface area contributed by atoms with Gasteiger partial charge in [-0.2, -0.15) is 5.10 Å². The van der Waals surface area contributed by atoms with Gasteiger partial charge in [-0.25, -0.2) is 13.8 Å². The number of aromatic nitrogens is 1. The predicted octanol–water partition coefficient (Wildman–Crippen LogP) is 5.53. The molecule has 3 aromatic carbocycles. The Bertz CT molecular complexity index is 1700. The van der Waals surface area contributed by atoms with Gasteiger partial charge in [-0.1, -0.05) is 39.7 Å². The second-order valence-corrected chi connectivity index (χ2v) is 12.1. The minimum Gasteiger partial charge on any atom is -0.497 e. The Hall–Kier alpha value is -4.09. The highest BCUT2D eigenvalue weighted by Gasteiger charge is 2.30. The number of ether oxygens (including phenoxy) is 2. The van der Waals surface area contributed by atoms with E-state index in [2.05, 4.69) is 31.0 Å². The van der Waals surface area contributed by atoms with Gasteiger partial charge in [-0.05, 0) is 69.3 Å². The van der Waals surface area contributed by atoms with Crippen molar-refractivity contribution in [1.29, 1.82) is 0 Å². The molecule has 9 nitrogen and oxygen atoms in total. The second kappa shape index (κ2) is 12.6. The summed E-state index contributed by atoms with van der Waals surface area (Å²) in [6.45, 7) is 5.26. The molecule has 1 amide bonds. The van der Waals surface area contributed by atoms with Crippen molar-refractivity contribution in [2.24, 2.45) is 5.10 Å². The van der Waals surface area contributed by atoms with Gasteiger partial charge in [0.15, 0.2) is 0 Å². The summed E-state index contributed by atoms with van der Waals surface area (Å²) in [7, 11) is -1.27. The molecule has 1 aromatic heterocycles. The number of aryl methyl sites for hydroxylation is 2. The number of anilines is 1. The van der Waals surface area contributed by atoms with Gasteiger partial charge in [0.25, 0.3) is 15.9 Å². The number of hydrazone groups is 1. The minimum atomic E-state index is -4.17. The topological polar surface area (TPSA) is 102 Å². The van der Waals surface area contributed by atoms with E-state index in [0.29, 0.717) is 5.75 Å². The standard InChI is InChI=1S/C30H31BrN4O5S/c1-20-9-12-27(13-10-20)41(37,38)34(28-17-26(39-4)11-14-29(28)40-5)19-30(36)33-32-18-23-15-21(2)35(22(23)3)25-8-6-7-24(31)16-25/h6-18H,19H2,1-5H3,(H,33,36)/b32-18+. The lowest BCUT2D eigenvalue weighted by Gasteiger charge is -2.25. The smallest absolute Gasteiger partial charge is 0.264 e. The molecule has 0 saturated carbocycles. The van der Waals surface area contributed by atoms with Crippen LogP contribution in [0, 0.1) is 20.8 Å².